The lowest BCUT2D eigenvalue weighted by Crippen LogP contribution is -2.63. The summed E-state index contributed by atoms with van der Waals surface area (Å²) in [5.41, 5.74) is 6.97. The summed E-state index contributed by atoms with van der Waals surface area (Å²) in [7, 11) is 2.02. The number of carbonyl (C=O) groups is 1. The lowest BCUT2D eigenvalue weighted by molar-refractivity contribution is -0.117. The van der Waals surface area contributed by atoms with Crippen LogP contribution in [0.3, 0.4) is 0 Å². The van der Waals surface area contributed by atoms with Crippen molar-refractivity contribution < 1.29 is 9.90 Å². The summed E-state index contributed by atoms with van der Waals surface area (Å²) in [6.07, 6.45) is 3.88. The molecule has 4 heterocycles. The molecule has 1 aromatic rings. The quantitative estimate of drug-likeness (QED) is 0.575. The Labute approximate surface area is 151 Å². The first-order valence-electron chi connectivity index (χ1n) is 8.65. The molecule has 0 saturated carbocycles. The predicted octanol–water partition coefficient (Wildman–Crippen LogP) is -0.186. The molecule has 0 radical (unpaired) electrons. The summed E-state index contributed by atoms with van der Waals surface area (Å²) in [5.74, 6) is 0.690. The van der Waals surface area contributed by atoms with Gasteiger partial charge in [-0.1, -0.05) is 0 Å². The number of nitrogens with one attached hydrogen (secondary N) is 2. The van der Waals surface area contributed by atoms with Gasteiger partial charge in [-0.05, 0) is 45.0 Å². The molecular formula is C17H23N7O2. The van der Waals surface area contributed by atoms with Crippen LogP contribution in [0.1, 0.15) is 19.8 Å². The zero-order valence-electron chi connectivity index (χ0n) is 14.9. The van der Waals surface area contributed by atoms with Crippen LogP contribution in [0, 0.1) is 0 Å². The van der Waals surface area contributed by atoms with Crippen LogP contribution < -0.4 is 16.4 Å². The zero-order valence-corrected chi connectivity index (χ0v) is 14.9. The van der Waals surface area contributed by atoms with Crippen LogP contribution in [0.25, 0.3) is 0 Å². The average Bonchev–Trinajstić information content (AvgIpc) is 2.84. The number of aromatic nitrogens is 2. The summed E-state index contributed by atoms with van der Waals surface area (Å²) >= 11 is 0. The number of nitrogens with two attached hydrogens (primary N) is 1. The molecule has 138 valence electrons. The van der Waals surface area contributed by atoms with Crippen molar-refractivity contribution in [3.8, 4) is 0 Å². The number of likely N-dealkylation sites (tertiary alicyclic amines) is 1. The maximum absolute atomic E-state index is 12.6. The van der Waals surface area contributed by atoms with Gasteiger partial charge in [0.2, 0.25) is 0 Å². The SMILES string of the molecule is CC1=C2C(=O)NC3(CCCN(C)C3)N2C(O)C(Nc2cc(N)ncn2)=C1. The lowest BCUT2D eigenvalue weighted by Gasteiger charge is -2.48. The number of hydrogen-bond donors (Lipinski definition) is 4. The van der Waals surface area contributed by atoms with Gasteiger partial charge in [-0.3, -0.25) is 4.79 Å². The summed E-state index contributed by atoms with van der Waals surface area (Å²) in [6, 6.07) is 1.60. The Hall–Kier alpha value is -2.65. The number of amides is 1. The Balaban J connectivity index is 1.70. The number of anilines is 2. The topological polar surface area (TPSA) is 120 Å². The number of aliphatic hydroxyl groups excluding tert-OH is 1. The Morgan fingerprint density at radius 1 is 1.46 bits per heavy atom. The van der Waals surface area contributed by atoms with Crippen molar-refractivity contribution in [3.63, 3.8) is 0 Å². The monoisotopic (exact) mass is 357 g/mol. The van der Waals surface area contributed by atoms with Crippen molar-refractivity contribution in [1.82, 2.24) is 25.1 Å². The molecule has 9 nitrogen and oxygen atoms in total. The first-order valence-corrected chi connectivity index (χ1v) is 8.65. The minimum atomic E-state index is -0.990. The summed E-state index contributed by atoms with van der Waals surface area (Å²) in [6.45, 7) is 3.50. The number of allylic oxidation sites excluding steroid dienone is 2. The second-order valence-corrected chi connectivity index (χ2v) is 7.16. The first-order chi connectivity index (χ1) is 12.4. The third-order valence-electron chi connectivity index (χ3n) is 5.15. The highest BCUT2D eigenvalue weighted by Crippen LogP contribution is 2.40. The third-order valence-corrected chi connectivity index (χ3v) is 5.15. The smallest absolute Gasteiger partial charge is 0.269 e. The van der Waals surface area contributed by atoms with E-state index in [4.69, 9.17) is 5.73 Å². The number of fused-ring (bicyclic) bond motifs is 2. The molecule has 0 bridgehead atoms. The van der Waals surface area contributed by atoms with Crippen LogP contribution in [-0.4, -0.2) is 62.8 Å². The Kier molecular flexibility index (Phi) is 3.85. The average molecular weight is 357 g/mol. The molecule has 26 heavy (non-hydrogen) atoms. The van der Waals surface area contributed by atoms with Crippen molar-refractivity contribution in [2.45, 2.75) is 31.7 Å². The van der Waals surface area contributed by atoms with E-state index in [1.807, 2.05) is 18.9 Å². The van der Waals surface area contributed by atoms with Crippen molar-refractivity contribution in [2.24, 2.45) is 0 Å². The number of hydrogen-bond acceptors (Lipinski definition) is 8. The number of aliphatic hydroxyl groups is 1. The van der Waals surface area contributed by atoms with Crippen molar-refractivity contribution in [2.75, 3.05) is 31.2 Å². The molecule has 2 saturated heterocycles. The molecule has 0 aromatic carbocycles. The van der Waals surface area contributed by atoms with Crippen LogP contribution in [0.2, 0.25) is 0 Å². The molecule has 2 fully saturated rings. The van der Waals surface area contributed by atoms with Gasteiger partial charge in [0.25, 0.3) is 5.91 Å². The second-order valence-electron chi connectivity index (χ2n) is 7.16. The van der Waals surface area contributed by atoms with Crippen LogP contribution in [-0.2, 0) is 4.79 Å². The molecule has 1 spiro atoms. The van der Waals surface area contributed by atoms with E-state index in [0.717, 1.165) is 25.0 Å². The number of likely N-dealkylation sites (N-methyl/N-ethyl adjacent to an activating group) is 1. The largest absolute Gasteiger partial charge is 0.384 e. The fourth-order valence-electron chi connectivity index (χ4n) is 4.13. The van der Waals surface area contributed by atoms with Gasteiger partial charge in [0.15, 0.2) is 6.23 Å². The van der Waals surface area contributed by atoms with Crippen molar-refractivity contribution in [1.29, 1.82) is 0 Å². The molecule has 3 aliphatic heterocycles. The number of nitrogens with zero attached hydrogens (tertiary/aromatic N) is 4. The maximum atomic E-state index is 12.6. The van der Waals surface area contributed by atoms with Gasteiger partial charge in [-0.25, -0.2) is 9.97 Å². The zero-order chi connectivity index (χ0) is 18.5. The molecule has 0 aliphatic carbocycles. The Morgan fingerprint density at radius 2 is 2.27 bits per heavy atom. The Bertz CT molecular complexity index is 821. The van der Waals surface area contributed by atoms with Gasteiger partial charge >= 0.3 is 0 Å². The van der Waals surface area contributed by atoms with Gasteiger partial charge in [0, 0.05) is 12.6 Å². The number of piperidine rings is 1. The van der Waals surface area contributed by atoms with Crippen molar-refractivity contribution in [3.05, 3.63) is 35.4 Å². The van der Waals surface area contributed by atoms with Gasteiger partial charge in [-0.15, -0.1) is 0 Å². The third kappa shape index (κ3) is 2.60. The van der Waals surface area contributed by atoms with E-state index >= 15 is 0 Å². The van der Waals surface area contributed by atoms with E-state index in [0.29, 0.717) is 29.6 Å². The standard InChI is InChI=1S/C17H23N7O2/c1-10-6-11(21-13-7-12(18)19-9-20-13)16(26)24-14(10)15(25)22-17(24)4-3-5-23(2)8-17/h6-7,9,16,26H,3-5,8H2,1-2H3,(H,22,25)(H3,18,19,20,21). The molecule has 1 aromatic heterocycles. The fourth-order valence-corrected chi connectivity index (χ4v) is 4.13. The molecule has 3 aliphatic rings. The first kappa shape index (κ1) is 16.8. The molecule has 2 unspecified atom stereocenters. The minimum absolute atomic E-state index is 0.140. The van der Waals surface area contributed by atoms with Crippen molar-refractivity contribution >= 4 is 17.5 Å². The van der Waals surface area contributed by atoms with Gasteiger partial charge in [0.1, 0.15) is 29.3 Å². The van der Waals surface area contributed by atoms with E-state index in [-0.39, 0.29) is 5.91 Å². The van der Waals surface area contributed by atoms with E-state index in [2.05, 4.69) is 25.5 Å². The van der Waals surface area contributed by atoms with Crippen LogP contribution in [0.4, 0.5) is 11.6 Å². The summed E-state index contributed by atoms with van der Waals surface area (Å²) in [4.78, 5) is 24.6. The fraction of sp³-hybridized carbons (Fsp3) is 0.471. The van der Waals surface area contributed by atoms with Gasteiger partial charge < -0.3 is 31.3 Å². The highest BCUT2D eigenvalue weighted by Gasteiger charge is 2.53. The molecule has 4 rings (SSSR count). The molecule has 2 atom stereocenters. The number of nitrogen functional groups attached to an aromatic ring is 1. The molecule has 9 heteroatoms. The summed E-state index contributed by atoms with van der Waals surface area (Å²) in [5, 5.41) is 17.3. The maximum Gasteiger partial charge on any atom is 0.269 e. The molecule has 5 N–H and O–H groups in total. The highest BCUT2D eigenvalue weighted by molar-refractivity contribution is 5.97. The van der Waals surface area contributed by atoms with E-state index in [1.165, 1.54) is 6.33 Å². The van der Waals surface area contributed by atoms with Gasteiger partial charge in [0.05, 0.1) is 5.70 Å². The van der Waals surface area contributed by atoms with Crippen LogP contribution >= 0.6 is 0 Å². The summed E-state index contributed by atoms with van der Waals surface area (Å²) < 4.78 is 0. The normalized spacial score (nSPS) is 28.9. The van der Waals surface area contributed by atoms with E-state index in [1.54, 1.807) is 12.1 Å². The highest BCUT2D eigenvalue weighted by atomic mass is 16.3. The molecular weight excluding hydrogens is 334 g/mol. The lowest BCUT2D eigenvalue weighted by atomic mass is 9.95. The van der Waals surface area contributed by atoms with E-state index < -0.39 is 11.9 Å². The Morgan fingerprint density at radius 3 is 3.00 bits per heavy atom. The van der Waals surface area contributed by atoms with E-state index in [9.17, 15) is 9.90 Å². The van der Waals surface area contributed by atoms with Crippen LogP contribution in [0.15, 0.2) is 35.4 Å². The number of carbonyl (C=O) groups excluding carboxylic acids is 1. The van der Waals surface area contributed by atoms with Gasteiger partial charge in [-0.2, -0.15) is 0 Å². The minimum Gasteiger partial charge on any atom is -0.384 e. The van der Waals surface area contributed by atoms with Crippen LogP contribution in [0.5, 0.6) is 0 Å². The predicted molar refractivity (Wildman–Crippen MR) is 96.3 cm³/mol. The number of rotatable bonds is 2. The molecule has 1 amide bonds. The second kappa shape index (κ2) is 5.96.